The molecule has 3 aromatic carbocycles. The number of benzene rings is 3. The average Bonchev–Trinajstić information content (AvgIpc) is 3.41. The van der Waals surface area contributed by atoms with Crippen molar-refractivity contribution in [2.45, 2.75) is 11.6 Å². The van der Waals surface area contributed by atoms with Crippen molar-refractivity contribution in [2.75, 3.05) is 19.0 Å². The number of carbonyl (C=O) groups is 2. The average molecular weight is 512 g/mol. The lowest BCUT2D eigenvalue weighted by Gasteiger charge is -2.36. The monoisotopic (exact) mass is 511 g/mol. The van der Waals surface area contributed by atoms with Crippen molar-refractivity contribution >= 4 is 34.0 Å². The van der Waals surface area contributed by atoms with E-state index in [0.29, 0.717) is 17.4 Å². The quantitative estimate of drug-likeness (QED) is 0.138. The summed E-state index contributed by atoms with van der Waals surface area (Å²) in [6.45, 7) is 0.377. The van der Waals surface area contributed by atoms with Crippen LogP contribution in [0.3, 0.4) is 0 Å². The number of aromatic nitrogens is 1. The van der Waals surface area contributed by atoms with Crippen molar-refractivity contribution in [3.05, 3.63) is 119 Å². The van der Waals surface area contributed by atoms with Crippen LogP contribution in [-0.4, -0.2) is 42.2 Å². The summed E-state index contributed by atoms with van der Waals surface area (Å²) >= 11 is 1.35. The van der Waals surface area contributed by atoms with Crippen molar-refractivity contribution < 1.29 is 14.4 Å². The third-order valence-electron chi connectivity index (χ3n) is 6.16. The minimum absolute atomic E-state index is 0.00349. The van der Waals surface area contributed by atoms with Gasteiger partial charge in [-0.25, -0.2) is 4.98 Å². The number of β-lactam (4-membered cyclic amide) rings is 1. The molecule has 0 aliphatic carbocycles. The zero-order chi connectivity index (χ0) is 25.7. The van der Waals surface area contributed by atoms with Gasteiger partial charge in [-0.1, -0.05) is 96.2 Å². The normalized spacial score (nSPS) is 15.3. The van der Waals surface area contributed by atoms with Crippen LogP contribution in [0.25, 0.3) is 0 Å². The molecule has 2 amide bonds. The Labute approximate surface area is 218 Å². The van der Waals surface area contributed by atoms with Crippen molar-refractivity contribution in [1.82, 2.24) is 15.6 Å². The van der Waals surface area contributed by atoms with Crippen molar-refractivity contribution in [1.29, 1.82) is 0 Å². The topological polar surface area (TPSA) is 105 Å². The van der Waals surface area contributed by atoms with Crippen molar-refractivity contribution in [2.24, 2.45) is 5.16 Å². The number of rotatable bonds is 9. The SMILES string of the molecule is CO/N=C(\C(=O)N[C@H]1CNC1=O)c1csc(NC(c2ccccc2)(c2ccccc2)c2ccccc2)n1. The highest BCUT2D eigenvalue weighted by molar-refractivity contribution is 7.14. The minimum Gasteiger partial charge on any atom is -0.398 e. The first kappa shape index (κ1) is 24.2. The van der Waals surface area contributed by atoms with Gasteiger partial charge in [-0.2, -0.15) is 0 Å². The molecule has 0 spiro atoms. The number of amides is 2. The largest absolute Gasteiger partial charge is 0.398 e. The zero-order valence-electron chi connectivity index (χ0n) is 20.0. The van der Waals surface area contributed by atoms with Crippen LogP contribution in [0.5, 0.6) is 0 Å². The Bertz CT molecular complexity index is 1310. The molecule has 1 aromatic heterocycles. The number of thiazole rings is 1. The standard InChI is InChI=1S/C28H25N5O3S/c1-36-33-24(26(35)30-22-17-29-25(22)34)23-18-37-27(31-23)32-28(19-11-5-2-6-12-19,20-13-7-3-8-14-20)21-15-9-4-10-16-21/h2-16,18,22H,17H2,1H3,(H,29,34)(H,30,35)(H,31,32)/b33-24-/t22-/m0/s1. The van der Waals surface area contributed by atoms with Gasteiger partial charge in [0.1, 0.15) is 24.4 Å². The fourth-order valence-corrected chi connectivity index (χ4v) is 5.06. The van der Waals surface area contributed by atoms with E-state index in [2.05, 4.69) is 57.5 Å². The molecule has 1 atom stereocenters. The lowest BCUT2D eigenvalue weighted by atomic mass is 9.77. The van der Waals surface area contributed by atoms with Gasteiger partial charge >= 0.3 is 0 Å². The number of oxime groups is 1. The minimum atomic E-state index is -0.760. The summed E-state index contributed by atoms with van der Waals surface area (Å²) < 4.78 is 0. The first-order chi connectivity index (χ1) is 18.1. The van der Waals surface area contributed by atoms with E-state index in [9.17, 15) is 9.59 Å². The van der Waals surface area contributed by atoms with Crippen molar-refractivity contribution in [3.8, 4) is 0 Å². The molecule has 2 heterocycles. The second kappa shape index (κ2) is 10.6. The van der Waals surface area contributed by atoms with Gasteiger partial charge in [0, 0.05) is 11.9 Å². The highest BCUT2D eigenvalue weighted by Gasteiger charge is 2.37. The molecule has 0 saturated carbocycles. The molecule has 0 radical (unpaired) electrons. The van der Waals surface area contributed by atoms with Crippen LogP contribution in [0, 0.1) is 0 Å². The molecule has 4 aromatic rings. The molecule has 1 fully saturated rings. The highest BCUT2D eigenvalue weighted by atomic mass is 32.1. The van der Waals surface area contributed by atoms with E-state index >= 15 is 0 Å². The number of carbonyl (C=O) groups excluding carboxylic acids is 2. The van der Waals surface area contributed by atoms with Crippen LogP contribution in [0.1, 0.15) is 22.4 Å². The molecule has 1 aliphatic heterocycles. The lowest BCUT2D eigenvalue weighted by Crippen LogP contribution is -2.62. The van der Waals surface area contributed by atoms with Crippen molar-refractivity contribution in [3.63, 3.8) is 0 Å². The van der Waals surface area contributed by atoms with Gasteiger partial charge in [0.25, 0.3) is 5.91 Å². The van der Waals surface area contributed by atoms with Crippen LogP contribution in [-0.2, 0) is 20.0 Å². The summed E-state index contributed by atoms with van der Waals surface area (Å²) in [5.41, 5.74) is 2.67. The molecular weight excluding hydrogens is 486 g/mol. The summed E-state index contributed by atoms with van der Waals surface area (Å²) in [7, 11) is 1.36. The number of nitrogens with zero attached hydrogens (tertiary/aromatic N) is 2. The van der Waals surface area contributed by atoms with Gasteiger partial charge in [0.2, 0.25) is 5.91 Å². The van der Waals surface area contributed by atoms with Gasteiger partial charge in [-0.3, -0.25) is 9.59 Å². The molecule has 1 aliphatic rings. The maximum absolute atomic E-state index is 12.9. The number of hydrogen-bond acceptors (Lipinski definition) is 7. The zero-order valence-corrected chi connectivity index (χ0v) is 20.9. The summed E-state index contributed by atoms with van der Waals surface area (Å²) in [6.07, 6.45) is 0. The molecule has 8 nitrogen and oxygen atoms in total. The first-order valence-corrected chi connectivity index (χ1v) is 12.6. The lowest BCUT2D eigenvalue weighted by molar-refractivity contribution is -0.131. The van der Waals surface area contributed by atoms with E-state index in [1.807, 2.05) is 54.6 Å². The molecule has 0 bridgehead atoms. The molecule has 37 heavy (non-hydrogen) atoms. The smallest absolute Gasteiger partial charge is 0.276 e. The number of hydrogen-bond donors (Lipinski definition) is 3. The van der Waals surface area contributed by atoms with Gasteiger partial charge < -0.3 is 20.8 Å². The van der Waals surface area contributed by atoms with E-state index in [-0.39, 0.29) is 11.6 Å². The Morgan fingerprint density at radius 3 is 1.95 bits per heavy atom. The summed E-state index contributed by atoms with van der Waals surface area (Å²) in [5.74, 6) is -0.761. The van der Waals surface area contributed by atoms with E-state index in [0.717, 1.165) is 16.7 Å². The van der Waals surface area contributed by atoms with E-state index < -0.39 is 17.5 Å². The van der Waals surface area contributed by atoms with E-state index in [1.54, 1.807) is 5.38 Å². The predicted molar refractivity (Wildman–Crippen MR) is 143 cm³/mol. The second-order valence-corrected chi connectivity index (χ2v) is 9.26. The number of nitrogens with one attached hydrogen (secondary N) is 3. The fraction of sp³-hybridized carbons (Fsp3) is 0.143. The molecule has 186 valence electrons. The molecule has 3 N–H and O–H groups in total. The van der Waals surface area contributed by atoms with E-state index in [1.165, 1.54) is 18.4 Å². The molecule has 9 heteroatoms. The Kier molecular flexibility index (Phi) is 6.96. The molecule has 0 unspecified atom stereocenters. The van der Waals surface area contributed by atoms with Gasteiger partial charge in [-0.15, -0.1) is 11.3 Å². The molecule has 1 saturated heterocycles. The van der Waals surface area contributed by atoms with Crippen LogP contribution in [0.4, 0.5) is 5.13 Å². The van der Waals surface area contributed by atoms with Gasteiger partial charge in [-0.05, 0) is 16.7 Å². The molecular formula is C28H25N5O3S. The Morgan fingerprint density at radius 2 is 1.51 bits per heavy atom. The van der Waals surface area contributed by atoms with Crippen LogP contribution in [0.2, 0.25) is 0 Å². The number of anilines is 1. The van der Waals surface area contributed by atoms with E-state index in [4.69, 9.17) is 9.82 Å². The maximum Gasteiger partial charge on any atom is 0.276 e. The summed E-state index contributed by atoms with van der Waals surface area (Å²) in [4.78, 5) is 34.2. The maximum atomic E-state index is 12.9. The Hall–Kier alpha value is -4.50. The van der Waals surface area contributed by atoms with Crippen LogP contribution in [0.15, 0.2) is 102 Å². The third kappa shape index (κ3) is 4.81. The van der Waals surface area contributed by atoms with Crippen LogP contribution < -0.4 is 16.0 Å². The van der Waals surface area contributed by atoms with Gasteiger partial charge in [0.05, 0.1) is 0 Å². The predicted octanol–water partition coefficient (Wildman–Crippen LogP) is 3.51. The summed E-state index contributed by atoms with van der Waals surface area (Å²) in [6, 6.07) is 29.9. The van der Waals surface area contributed by atoms with Gasteiger partial charge in [0.15, 0.2) is 10.8 Å². The fourth-order valence-electron chi connectivity index (χ4n) is 4.31. The van der Waals surface area contributed by atoms with Crippen LogP contribution >= 0.6 is 11.3 Å². The first-order valence-electron chi connectivity index (χ1n) is 11.7. The Balaban J connectivity index is 1.56. The Morgan fingerprint density at radius 1 is 0.973 bits per heavy atom. The highest BCUT2D eigenvalue weighted by Crippen LogP contribution is 2.40. The second-order valence-electron chi connectivity index (χ2n) is 8.40. The third-order valence-corrected chi connectivity index (χ3v) is 6.92. The molecule has 5 rings (SSSR count). The summed E-state index contributed by atoms with van der Waals surface area (Å²) in [5, 5.41) is 15.2.